The van der Waals surface area contributed by atoms with Crippen LogP contribution >= 0.6 is 0 Å². The molecule has 0 aliphatic carbocycles. The Bertz CT molecular complexity index is 483. The van der Waals surface area contributed by atoms with Crippen LogP contribution in [0.2, 0.25) is 0 Å². The Hall–Kier alpha value is -1.50. The van der Waals surface area contributed by atoms with Crippen LogP contribution in [-0.4, -0.2) is 55.4 Å². The molecule has 1 saturated heterocycles. The molecule has 1 amide bonds. The molecule has 0 bridgehead atoms. The van der Waals surface area contributed by atoms with Gasteiger partial charge in [-0.25, -0.2) is 4.39 Å². The lowest BCUT2D eigenvalue weighted by Crippen LogP contribution is -2.54. The molecular weight excluding hydrogens is 287 g/mol. The van der Waals surface area contributed by atoms with Crippen molar-refractivity contribution in [1.29, 1.82) is 0 Å². The summed E-state index contributed by atoms with van der Waals surface area (Å²) in [7, 11) is 0. The number of aliphatic hydroxyl groups excluding tert-OH is 1. The van der Waals surface area contributed by atoms with Crippen molar-refractivity contribution in [3.63, 3.8) is 0 Å². The van der Waals surface area contributed by atoms with E-state index in [1.54, 1.807) is 12.1 Å². The number of likely N-dealkylation sites (N-methyl/N-ethyl adjacent to an activating group) is 1. The van der Waals surface area contributed by atoms with Crippen molar-refractivity contribution in [2.75, 3.05) is 39.5 Å². The van der Waals surface area contributed by atoms with Gasteiger partial charge in [0.1, 0.15) is 5.82 Å². The SMILES string of the molecule is CCN(CC(=O)NCc1ccc(F)cc1)CC1(CO)COC1. The summed E-state index contributed by atoms with van der Waals surface area (Å²) in [6.07, 6.45) is 0. The molecule has 5 nitrogen and oxygen atoms in total. The van der Waals surface area contributed by atoms with Gasteiger partial charge < -0.3 is 15.2 Å². The predicted octanol–water partition coefficient (Wildman–Crippen LogP) is 0.773. The van der Waals surface area contributed by atoms with Crippen LogP contribution in [-0.2, 0) is 16.1 Å². The number of hydrogen-bond donors (Lipinski definition) is 2. The van der Waals surface area contributed by atoms with Crippen LogP contribution in [0.4, 0.5) is 4.39 Å². The first-order valence-corrected chi connectivity index (χ1v) is 7.49. The molecule has 6 heteroatoms. The lowest BCUT2D eigenvalue weighted by Gasteiger charge is -2.42. The average Bonchev–Trinajstić information content (AvgIpc) is 2.49. The molecule has 0 unspecified atom stereocenters. The molecule has 1 fully saturated rings. The summed E-state index contributed by atoms with van der Waals surface area (Å²) in [5, 5.41) is 12.3. The van der Waals surface area contributed by atoms with Gasteiger partial charge in [0.2, 0.25) is 5.91 Å². The second kappa shape index (κ2) is 7.67. The first kappa shape index (κ1) is 16.9. The summed E-state index contributed by atoms with van der Waals surface area (Å²) in [4.78, 5) is 14.0. The fourth-order valence-electron chi connectivity index (χ4n) is 2.44. The van der Waals surface area contributed by atoms with Crippen molar-refractivity contribution < 1.29 is 19.0 Å². The van der Waals surface area contributed by atoms with E-state index in [2.05, 4.69) is 5.32 Å². The zero-order chi connectivity index (χ0) is 16.0. The zero-order valence-electron chi connectivity index (χ0n) is 12.8. The highest BCUT2D eigenvalue weighted by molar-refractivity contribution is 5.78. The molecular formula is C16H23FN2O3. The summed E-state index contributed by atoms with van der Waals surface area (Å²) in [5.74, 6) is -0.372. The number of carbonyl (C=O) groups excluding carboxylic acids is 1. The van der Waals surface area contributed by atoms with E-state index in [0.29, 0.717) is 26.3 Å². The molecule has 122 valence electrons. The Morgan fingerprint density at radius 3 is 2.59 bits per heavy atom. The molecule has 0 aromatic heterocycles. The van der Waals surface area contributed by atoms with Crippen molar-refractivity contribution in [1.82, 2.24) is 10.2 Å². The topological polar surface area (TPSA) is 61.8 Å². The number of amides is 1. The Labute approximate surface area is 130 Å². The molecule has 0 spiro atoms. The number of ether oxygens (including phenoxy) is 1. The molecule has 2 N–H and O–H groups in total. The third-order valence-corrected chi connectivity index (χ3v) is 3.93. The standard InChI is InChI=1S/C16H23FN2O3/c1-2-19(9-16(10-20)11-22-12-16)8-15(21)18-7-13-3-5-14(17)6-4-13/h3-6,20H,2,7-12H2,1H3,(H,18,21). The van der Waals surface area contributed by atoms with Crippen LogP contribution in [0, 0.1) is 11.2 Å². The number of benzene rings is 1. The van der Waals surface area contributed by atoms with E-state index in [1.165, 1.54) is 12.1 Å². The Morgan fingerprint density at radius 1 is 1.41 bits per heavy atom. The number of carbonyl (C=O) groups is 1. The van der Waals surface area contributed by atoms with Crippen LogP contribution in [0.25, 0.3) is 0 Å². The van der Waals surface area contributed by atoms with Crippen LogP contribution in [0.15, 0.2) is 24.3 Å². The van der Waals surface area contributed by atoms with E-state index in [-0.39, 0.29) is 30.3 Å². The second-order valence-corrected chi connectivity index (χ2v) is 5.86. The summed E-state index contributed by atoms with van der Waals surface area (Å²) in [6.45, 7) is 5.16. The molecule has 0 saturated carbocycles. The quantitative estimate of drug-likeness (QED) is 0.745. The van der Waals surface area contributed by atoms with Crippen LogP contribution in [0.5, 0.6) is 0 Å². The molecule has 1 aliphatic heterocycles. The highest BCUT2D eigenvalue weighted by Crippen LogP contribution is 2.27. The zero-order valence-corrected chi connectivity index (χ0v) is 12.8. The van der Waals surface area contributed by atoms with Crippen molar-refractivity contribution in [2.45, 2.75) is 13.5 Å². The molecule has 1 aromatic carbocycles. The summed E-state index contributed by atoms with van der Waals surface area (Å²) < 4.78 is 18.0. The van der Waals surface area contributed by atoms with Gasteiger partial charge in [0.25, 0.3) is 0 Å². The Morgan fingerprint density at radius 2 is 2.09 bits per heavy atom. The largest absolute Gasteiger partial charge is 0.396 e. The monoisotopic (exact) mass is 310 g/mol. The minimum Gasteiger partial charge on any atom is -0.396 e. The highest BCUT2D eigenvalue weighted by Gasteiger charge is 2.39. The number of hydrogen-bond acceptors (Lipinski definition) is 4. The summed E-state index contributed by atoms with van der Waals surface area (Å²) in [5.41, 5.74) is 0.629. The summed E-state index contributed by atoms with van der Waals surface area (Å²) in [6, 6.07) is 6.06. The predicted molar refractivity (Wildman–Crippen MR) is 80.7 cm³/mol. The maximum absolute atomic E-state index is 12.8. The van der Waals surface area contributed by atoms with E-state index in [0.717, 1.165) is 12.1 Å². The minimum atomic E-state index is -0.288. The molecule has 0 atom stereocenters. The molecule has 1 aliphatic rings. The van der Waals surface area contributed by atoms with Gasteiger partial charge in [-0.15, -0.1) is 0 Å². The minimum absolute atomic E-state index is 0.0701. The first-order valence-electron chi connectivity index (χ1n) is 7.49. The van der Waals surface area contributed by atoms with E-state index in [4.69, 9.17) is 4.74 Å². The molecule has 0 radical (unpaired) electrons. The third-order valence-electron chi connectivity index (χ3n) is 3.93. The van der Waals surface area contributed by atoms with Crippen molar-refractivity contribution >= 4 is 5.91 Å². The number of aliphatic hydroxyl groups is 1. The first-order chi connectivity index (χ1) is 10.6. The van der Waals surface area contributed by atoms with Gasteiger partial charge >= 0.3 is 0 Å². The van der Waals surface area contributed by atoms with Gasteiger partial charge in [-0.3, -0.25) is 9.69 Å². The number of nitrogens with one attached hydrogen (secondary N) is 1. The van der Waals surface area contributed by atoms with Gasteiger partial charge in [0.15, 0.2) is 0 Å². The lowest BCUT2D eigenvalue weighted by atomic mass is 9.86. The number of rotatable bonds is 8. The smallest absolute Gasteiger partial charge is 0.234 e. The van der Waals surface area contributed by atoms with E-state index >= 15 is 0 Å². The van der Waals surface area contributed by atoms with Gasteiger partial charge in [0, 0.05) is 13.1 Å². The maximum Gasteiger partial charge on any atom is 0.234 e. The fraction of sp³-hybridized carbons (Fsp3) is 0.562. The van der Waals surface area contributed by atoms with Crippen LogP contribution in [0.1, 0.15) is 12.5 Å². The van der Waals surface area contributed by atoms with Gasteiger partial charge in [-0.1, -0.05) is 19.1 Å². The lowest BCUT2D eigenvalue weighted by molar-refractivity contribution is -0.150. The normalized spacial score (nSPS) is 16.4. The van der Waals surface area contributed by atoms with Crippen molar-refractivity contribution in [3.8, 4) is 0 Å². The van der Waals surface area contributed by atoms with Gasteiger partial charge in [-0.05, 0) is 24.2 Å². The average molecular weight is 310 g/mol. The van der Waals surface area contributed by atoms with Crippen molar-refractivity contribution in [3.05, 3.63) is 35.6 Å². The molecule has 22 heavy (non-hydrogen) atoms. The summed E-state index contributed by atoms with van der Waals surface area (Å²) >= 11 is 0. The maximum atomic E-state index is 12.8. The van der Waals surface area contributed by atoms with E-state index in [9.17, 15) is 14.3 Å². The van der Waals surface area contributed by atoms with E-state index < -0.39 is 0 Å². The molecule has 1 aromatic rings. The molecule has 1 heterocycles. The number of nitrogens with zero attached hydrogens (tertiary/aromatic N) is 1. The molecule has 2 rings (SSSR count). The van der Waals surface area contributed by atoms with Gasteiger partial charge in [-0.2, -0.15) is 0 Å². The van der Waals surface area contributed by atoms with Crippen LogP contribution in [0.3, 0.4) is 0 Å². The fourth-order valence-corrected chi connectivity index (χ4v) is 2.44. The van der Waals surface area contributed by atoms with Gasteiger partial charge in [0.05, 0.1) is 31.8 Å². The van der Waals surface area contributed by atoms with Crippen molar-refractivity contribution in [2.24, 2.45) is 5.41 Å². The Kier molecular flexibility index (Phi) is 5.88. The highest BCUT2D eigenvalue weighted by atomic mass is 19.1. The number of halogens is 1. The third kappa shape index (κ3) is 4.50. The van der Waals surface area contributed by atoms with E-state index in [1.807, 2.05) is 11.8 Å². The second-order valence-electron chi connectivity index (χ2n) is 5.86. The Balaban J connectivity index is 1.78. The van der Waals surface area contributed by atoms with Crippen LogP contribution < -0.4 is 5.32 Å².